The molecule has 10 nitrogen and oxygen atoms in total. The molecule has 4 N–H and O–H groups in total. The molecule has 1 fully saturated rings. The predicted molar refractivity (Wildman–Crippen MR) is 124 cm³/mol. The van der Waals surface area contributed by atoms with Crippen molar-refractivity contribution >= 4 is 28.2 Å². The summed E-state index contributed by atoms with van der Waals surface area (Å²) in [6.07, 6.45) is 6.05. The summed E-state index contributed by atoms with van der Waals surface area (Å²) in [5.41, 5.74) is 14.5. The molecule has 1 aliphatic rings. The van der Waals surface area contributed by atoms with Gasteiger partial charge in [-0.25, -0.2) is 9.97 Å². The summed E-state index contributed by atoms with van der Waals surface area (Å²) in [6, 6.07) is 5.77. The van der Waals surface area contributed by atoms with Crippen LogP contribution in [0.25, 0.3) is 16.6 Å². The molecule has 0 amide bonds. The van der Waals surface area contributed by atoms with Gasteiger partial charge in [0.1, 0.15) is 11.3 Å². The minimum atomic E-state index is -0.312. The number of ether oxygens (including phenoxy) is 1. The second-order valence-corrected chi connectivity index (χ2v) is 9.20. The molecule has 1 unspecified atom stereocenters. The van der Waals surface area contributed by atoms with Gasteiger partial charge in [0.25, 0.3) is 0 Å². The van der Waals surface area contributed by atoms with E-state index in [1.165, 1.54) is 0 Å². The van der Waals surface area contributed by atoms with Gasteiger partial charge in [0.15, 0.2) is 11.5 Å². The summed E-state index contributed by atoms with van der Waals surface area (Å²) in [6.45, 7) is 6.47. The maximum absolute atomic E-state index is 6.22. The normalized spacial score (nSPS) is 17.4. The molecule has 0 bridgehead atoms. The molecular formula is C22H29N9O. The highest BCUT2D eigenvalue weighted by Gasteiger charge is 2.27. The van der Waals surface area contributed by atoms with Crippen LogP contribution in [0.2, 0.25) is 0 Å². The molecule has 0 saturated carbocycles. The quantitative estimate of drug-likeness (QED) is 0.489. The Kier molecular flexibility index (Phi) is 4.89. The van der Waals surface area contributed by atoms with Gasteiger partial charge in [-0.15, -0.1) is 5.10 Å². The van der Waals surface area contributed by atoms with Crippen LogP contribution in [0.1, 0.15) is 38.4 Å². The van der Waals surface area contributed by atoms with E-state index in [-0.39, 0.29) is 11.5 Å². The summed E-state index contributed by atoms with van der Waals surface area (Å²) >= 11 is 0. The molecule has 1 aromatic carbocycles. The van der Waals surface area contributed by atoms with Gasteiger partial charge in [-0.3, -0.25) is 4.68 Å². The zero-order valence-corrected chi connectivity index (χ0v) is 18.7. The topological polar surface area (TPSA) is 125 Å². The average molecular weight is 436 g/mol. The van der Waals surface area contributed by atoms with Gasteiger partial charge in [0.05, 0.1) is 25.5 Å². The monoisotopic (exact) mass is 435 g/mol. The van der Waals surface area contributed by atoms with Crippen LogP contribution in [-0.2, 0) is 6.54 Å². The number of benzene rings is 1. The highest BCUT2D eigenvalue weighted by molar-refractivity contribution is 5.95. The number of hydrogen-bond donors (Lipinski definition) is 2. The van der Waals surface area contributed by atoms with Crippen molar-refractivity contribution in [3.63, 3.8) is 0 Å². The molecule has 4 heterocycles. The summed E-state index contributed by atoms with van der Waals surface area (Å²) in [4.78, 5) is 11.7. The number of fused-ring (bicyclic) bond motifs is 3. The molecule has 168 valence electrons. The van der Waals surface area contributed by atoms with E-state index in [4.69, 9.17) is 26.3 Å². The third-order valence-corrected chi connectivity index (χ3v) is 5.87. The Morgan fingerprint density at radius 1 is 1.25 bits per heavy atom. The van der Waals surface area contributed by atoms with E-state index in [0.29, 0.717) is 29.4 Å². The number of para-hydroxylation sites is 1. The number of hydrogen-bond acceptors (Lipinski definition) is 8. The molecule has 1 aliphatic heterocycles. The Balaban J connectivity index is 1.45. The van der Waals surface area contributed by atoms with Crippen LogP contribution in [0, 0.1) is 0 Å². The predicted octanol–water partition coefficient (Wildman–Crippen LogP) is 2.19. The maximum Gasteiger partial charge on any atom is 0.223 e. The highest BCUT2D eigenvalue weighted by Crippen LogP contribution is 2.31. The molecule has 3 aromatic heterocycles. The van der Waals surface area contributed by atoms with Crippen LogP contribution in [0.15, 0.2) is 30.6 Å². The molecule has 0 aliphatic carbocycles. The molecule has 10 heteroatoms. The van der Waals surface area contributed by atoms with E-state index in [2.05, 4.69) is 21.2 Å². The fraction of sp³-hybridized carbons (Fsp3) is 0.455. The van der Waals surface area contributed by atoms with Crippen LogP contribution in [-0.4, -0.2) is 55.1 Å². The first-order chi connectivity index (χ1) is 15.3. The van der Waals surface area contributed by atoms with Gasteiger partial charge in [0.2, 0.25) is 5.95 Å². The third kappa shape index (κ3) is 3.70. The van der Waals surface area contributed by atoms with E-state index in [9.17, 15) is 0 Å². The lowest BCUT2D eigenvalue weighted by Gasteiger charge is -2.32. The van der Waals surface area contributed by atoms with Crippen LogP contribution in [0.3, 0.4) is 0 Å². The summed E-state index contributed by atoms with van der Waals surface area (Å²) < 4.78 is 9.00. The van der Waals surface area contributed by atoms with Gasteiger partial charge in [0, 0.05) is 36.1 Å². The van der Waals surface area contributed by atoms with Crippen molar-refractivity contribution in [2.45, 2.75) is 44.7 Å². The van der Waals surface area contributed by atoms with Crippen molar-refractivity contribution in [3.8, 4) is 5.75 Å². The van der Waals surface area contributed by atoms with Gasteiger partial charge in [-0.2, -0.15) is 9.61 Å². The zero-order chi connectivity index (χ0) is 22.5. The second kappa shape index (κ2) is 7.63. The molecule has 1 atom stereocenters. The van der Waals surface area contributed by atoms with E-state index < -0.39 is 0 Å². The number of nitrogens with two attached hydrogens (primary N) is 2. The SMILES string of the molecule is COc1cccc2c1nc(N)n1nc(C3CCCN(c4cnn(CC(C)(C)N)c4)C3)nc21. The molecule has 0 spiro atoms. The number of methoxy groups -OCH3 is 1. The minimum absolute atomic E-state index is 0.193. The first-order valence-electron chi connectivity index (χ1n) is 10.9. The smallest absolute Gasteiger partial charge is 0.223 e. The van der Waals surface area contributed by atoms with Crippen molar-refractivity contribution in [1.82, 2.24) is 29.4 Å². The largest absolute Gasteiger partial charge is 0.494 e. The molecule has 32 heavy (non-hydrogen) atoms. The lowest BCUT2D eigenvalue weighted by molar-refractivity contribution is 0.408. The van der Waals surface area contributed by atoms with Crippen molar-refractivity contribution in [3.05, 3.63) is 36.4 Å². The van der Waals surface area contributed by atoms with Crippen molar-refractivity contribution < 1.29 is 4.74 Å². The molecule has 0 radical (unpaired) electrons. The highest BCUT2D eigenvalue weighted by atomic mass is 16.5. The number of rotatable bonds is 5. The molecular weight excluding hydrogens is 406 g/mol. The molecule has 4 aromatic rings. The fourth-order valence-corrected chi connectivity index (χ4v) is 4.42. The van der Waals surface area contributed by atoms with E-state index in [1.807, 2.05) is 42.9 Å². The summed E-state index contributed by atoms with van der Waals surface area (Å²) in [5, 5.41) is 10.1. The number of aromatic nitrogens is 6. The number of nitrogens with zero attached hydrogens (tertiary/aromatic N) is 7. The second-order valence-electron chi connectivity index (χ2n) is 9.20. The summed E-state index contributed by atoms with van der Waals surface area (Å²) in [7, 11) is 1.62. The van der Waals surface area contributed by atoms with E-state index in [0.717, 1.165) is 42.8 Å². The lowest BCUT2D eigenvalue weighted by atomic mass is 9.97. The first kappa shape index (κ1) is 20.5. The van der Waals surface area contributed by atoms with Gasteiger partial charge >= 0.3 is 0 Å². The first-order valence-corrected chi connectivity index (χ1v) is 10.9. The summed E-state index contributed by atoms with van der Waals surface area (Å²) in [5.74, 6) is 1.95. The van der Waals surface area contributed by atoms with Crippen LogP contribution in [0.4, 0.5) is 11.6 Å². The maximum atomic E-state index is 6.22. The van der Waals surface area contributed by atoms with Gasteiger partial charge < -0.3 is 21.1 Å². The zero-order valence-electron chi connectivity index (χ0n) is 18.7. The Hall–Kier alpha value is -3.40. The molecule has 5 rings (SSSR count). The Bertz CT molecular complexity index is 1270. The lowest BCUT2D eigenvalue weighted by Crippen LogP contribution is -2.37. The van der Waals surface area contributed by atoms with Crippen molar-refractivity contribution in [1.29, 1.82) is 0 Å². The Morgan fingerprint density at radius 3 is 2.88 bits per heavy atom. The van der Waals surface area contributed by atoms with Gasteiger partial charge in [-0.05, 0) is 38.8 Å². The van der Waals surface area contributed by atoms with Crippen molar-refractivity contribution in [2.75, 3.05) is 30.8 Å². The number of anilines is 2. The van der Waals surface area contributed by atoms with Crippen LogP contribution in [0.5, 0.6) is 5.75 Å². The standard InChI is InChI=1S/C22H29N9O/c1-22(2,24)13-30-12-15(10-25-30)29-9-5-6-14(11-29)19-27-20-16-7-4-8-17(32-3)18(16)26-21(23)31(20)28-19/h4,7-8,10,12,14H,5-6,9,11,13,24H2,1-3H3,(H2,23,26). The van der Waals surface area contributed by atoms with Gasteiger partial charge in [-0.1, -0.05) is 6.07 Å². The third-order valence-electron chi connectivity index (χ3n) is 5.87. The molecule has 1 saturated heterocycles. The van der Waals surface area contributed by atoms with E-state index >= 15 is 0 Å². The Morgan fingerprint density at radius 2 is 2.09 bits per heavy atom. The van der Waals surface area contributed by atoms with E-state index in [1.54, 1.807) is 11.6 Å². The van der Waals surface area contributed by atoms with Crippen LogP contribution >= 0.6 is 0 Å². The van der Waals surface area contributed by atoms with Crippen molar-refractivity contribution in [2.24, 2.45) is 5.73 Å². The average Bonchev–Trinajstić information content (AvgIpc) is 3.40. The number of piperidine rings is 1. The Labute approximate surface area is 186 Å². The fourth-order valence-electron chi connectivity index (χ4n) is 4.42. The minimum Gasteiger partial charge on any atom is -0.494 e. The van der Waals surface area contributed by atoms with Crippen LogP contribution < -0.4 is 21.1 Å². The number of nitrogen functional groups attached to an aromatic ring is 1.